The summed E-state index contributed by atoms with van der Waals surface area (Å²) in [6.07, 6.45) is 0.976. The van der Waals surface area contributed by atoms with Gasteiger partial charge in [0.15, 0.2) is 5.84 Å². The fraction of sp³-hybridized carbons (Fsp3) is 0.353. The van der Waals surface area contributed by atoms with Gasteiger partial charge in [-0.05, 0) is 29.4 Å². The molecule has 0 bridgehead atoms. The minimum atomic E-state index is 0.104. The third-order valence-electron chi connectivity index (χ3n) is 3.38. The molecule has 112 valence electrons. The van der Waals surface area contributed by atoms with Gasteiger partial charge in [-0.25, -0.2) is 0 Å². The summed E-state index contributed by atoms with van der Waals surface area (Å²) in [6.45, 7) is 7.23. The lowest BCUT2D eigenvalue weighted by Crippen LogP contribution is -2.14. The average molecular weight is 286 g/mol. The molecule has 0 fully saturated rings. The van der Waals surface area contributed by atoms with Gasteiger partial charge in [-0.3, -0.25) is 0 Å². The molecule has 0 aliphatic heterocycles. The highest BCUT2D eigenvalue weighted by molar-refractivity contribution is 6.10. The van der Waals surface area contributed by atoms with E-state index in [1.165, 1.54) is 0 Å². The highest BCUT2D eigenvalue weighted by Crippen LogP contribution is 2.29. The maximum atomic E-state index is 8.88. The summed E-state index contributed by atoms with van der Waals surface area (Å²) in [6, 6.07) is 11.5. The Balaban J connectivity index is 2.34. The summed E-state index contributed by atoms with van der Waals surface area (Å²) in [5, 5.41) is 13.9. The standard InChI is InChI=1S/C17H22N2O2/c1-17(2,3)10-11-21-15-9-8-14(16(18)19-20)12-6-4-5-7-13(12)15/h4-9,20H,10-11H2,1-3H3,(H2,18,19). The predicted molar refractivity (Wildman–Crippen MR) is 86.0 cm³/mol. The van der Waals surface area contributed by atoms with Gasteiger partial charge in [-0.2, -0.15) is 0 Å². The van der Waals surface area contributed by atoms with E-state index in [1.807, 2.05) is 36.4 Å². The van der Waals surface area contributed by atoms with Gasteiger partial charge in [-0.15, -0.1) is 0 Å². The topological polar surface area (TPSA) is 67.8 Å². The zero-order valence-corrected chi connectivity index (χ0v) is 12.8. The fourth-order valence-corrected chi connectivity index (χ4v) is 2.14. The largest absolute Gasteiger partial charge is 0.493 e. The van der Waals surface area contributed by atoms with Crippen molar-refractivity contribution in [3.63, 3.8) is 0 Å². The predicted octanol–water partition coefficient (Wildman–Crippen LogP) is 3.75. The van der Waals surface area contributed by atoms with Crippen molar-refractivity contribution in [1.29, 1.82) is 0 Å². The van der Waals surface area contributed by atoms with E-state index in [-0.39, 0.29) is 11.3 Å². The van der Waals surface area contributed by atoms with E-state index in [4.69, 9.17) is 15.7 Å². The Morgan fingerprint density at radius 3 is 2.43 bits per heavy atom. The first-order valence-electron chi connectivity index (χ1n) is 7.05. The summed E-state index contributed by atoms with van der Waals surface area (Å²) in [5.74, 6) is 0.928. The van der Waals surface area contributed by atoms with Crippen LogP contribution in [0.4, 0.5) is 0 Å². The van der Waals surface area contributed by atoms with E-state index in [2.05, 4.69) is 25.9 Å². The first-order valence-corrected chi connectivity index (χ1v) is 7.05. The molecule has 0 radical (unpaired) electrons. The SMILES string of the molecule is CC(C)(C)CCOc1ccc(/C(N)=N/O)c2ccccc12. The molecule has 0 spiro atoms. The number of rotatable bonds is 4. The molecule has 0 aromatic heterocycles. The molecule has 0 unspecified atom stereocenters. The number of oxime groups is 1. The number of hydrogen-bond donors (Lipinski definition) is 2. The Kier molecular flexibility index (Phi) is 4.36. The molecular weight excluding hydrogens is 264 g/mol. The highest BCUT2D eigenvalue weighted by Gasteiger charge is 2.12. The smallest absolute Gasteiger partial charge is 0.170 e. The highest BCUT2D eigenvalue weighted by atomic mass is 16.5. The van der Waals surface area contributed by atoms with E-state index < -0.39 is 0 Å². The van der Waals surface area contributed by atoms with Gasteiger partial charge in [0.05, 0.1) is 6.61 Å². The van der Waals surface area contributed by atoms with Crippen LogP contribution in [-0.4, -0.2) is 17.6 Å². The zero-order chi connectivity index (χ0) is 15.5. The molecule has 4 heteroatoms. The second-order valence-corrected chi connectivity index (χ2v) is 6.30. The lowest BCUT2D eigenvalue weighted by atomic mass is 9.93. The fourth-order valence-electron chi connectivity index (χ4n) is 2.14. The Morgan fingerprint density at radius 1 is 1.14 bits per heavy atom. The number of nitrogens with two attached hydrogens (primary N) is 1. The monoisotopic (exact) mass is 286 g/mol. The summed E-state index contributed by atoms with van der Waals surface area (Å²) in [5.41, 5.74) is 6.67. The zero-order valence-electron chi connectivity index (χ0n) is 12.8. The normalized spacial score (nSPS) is 12.6. The molecule has 0 aliphatic carbocycles. The Bertz CT molecular complexity index is 657. The lowest BCUT2D eigenvalue weighted by molar-refractivity contribution is 0.245. The van der Waals surface area contributed by atoms with E-state index in [1.54, 1.807) is 0 Å². The number of benzene rings is 2. The van der Waals surface area contributed by atoms with Crippen LogP contribution in [0, 0.1) is 5.41 Å². The second kappa shape index (κ2) is 6.04. The molecule has 0 heterocycles. The van der Waals surface area contributed by atoms with Crippen molar-refractivity contribution in [2.24, 2.45) is 16.3 Å². The summed E-state index contributed by atoms with van der Waals surface area (Å²) in [7, 11) is 0. The van der Waals surface area contributed by atoms with Gasteiger partial charge in [-0.1, -0.05) is 50.2 Å². The van der Waals surface area contributed by atoms with Crippen molar-refractivity contribution in [3.05, 3.63) is 42.0 Å². The van der Waals surface area contributed by atoms with Crippen LogP contribution in [0.15, 0.2) is 41.6 Å². The van der Waals surface area contributed by atoms with Crippen LogP contribution in [0.5, 0.6) is 5.75 Å². The molecule has 3 N–H and O–H groups in total. The van der Waals surface area contributed by atoms with Gasteiger partial charge < -0.3 is 15.7 Å². The minimum Gasteiger partial charge on any atom is -0.493 e. The first kappa shape index (κ1) is 15.2. The van der Waals surface area contributed by atoms with E-state index in [0.29, 0.717) is 12.2 Å². The van der Waals surface area contributed by atoms with Gasteiger partial charge in [0, 0.05) is 10.9 Å². The van der Waals surface area contributed by atoms with Crippen molar-refractivity contribution in [2.75, 3.05) is 6.61 Å². The number of nitrogens with zero attached hydrogens (tertiary/aromatic N) is 1. The lowest BCUT2D eigenvalue weighted by Gasteiger charge is -2.19. The number of hydrogen-bond acceptors (Lipinski definition) is 3. The number of amidine groups is 1. The van der Waals surface area contributed by atoms with E-state index in [9.17, 15) is 0 Å². The molecule has 2 aromatic rings. The summed E-state index contributed by atoms with van der Waals surface area (Å²) < 4.78 is 5.92. The van der Waals surface area contributed by atoms with Crippen LogP contribution in [0.25, 0.3) is 10.8 Å². The molecule has 21 heavy (non-hydrogen) atoms. The van der Waals surface area contributed by atoms with Gasteiger partial charge in [0.2, 0.25) is 0 Å². The quantitative estimate of drug-likeness (QED) is 0.389. The van der Waals surface area contributed by atoms with E-state index in [0.717, 1.165) is 22.9 Å². The third kappa shape index (κ3) is 3.66. The molecule has 0 atom stereocenters. The van der Waals surface area contributed by atoms with Gasteiger partial charge >= 0.3 is 0 Å². The van der Waals surface area contributed by atoms with Crippen LogP contribution >= 0.6 is 0 Å². The summed E-state index contributed by atoms with van der Waals surface area (Å²) >= 11 is 0. The average Bonchev–Trinajstić information content (AvgIpc) is 2.45. The minimum absolute atomic E-state index is 0.104. The Labute approximate surface area is 125 Å². The number of ether oxygens (including phenoxy) is 1. The molecule has 0 saturated carbocycles. The van der Waals surface area contributed by atoms with Crippen molar-refractivity contribution < 1.29 is 9.94 Å². The second-order valence-electron chi connectivity index (χ2n) is 6.30. The first-order chi connectivity index (χ1) is 9.92. The van der Waals surface area contributed by atoms with Crippen molar-refractivity contribution in [1.82, 2.24) is 0 Å². The molecule has 0 saturated heterocycles. The molecule has 2 aromatic carbocycles. The molecule has 0 amide bonds. The Morgan fingerprint density at radius 2 is 1.81 bits per heavy atom. The molecule has 2 rings (SSSR count). The van der Waals surface area contributed by atoms with Crippen LogP contribution in [0.3, 0.4) is 0 Å². The van der Waals surface area contributed by atoms with Crippen LogP contribution < -0.4 is 10.5 Å². The third-order valence-corrected chi connectivity index (χ3v) is 3.38. The van der Waals surface area contributed by atoms with Crippen LogP contribution in [0.1, 0.15) is 32.8 Å². The maximum absolute atomic E-state index is 8.88. The van der Waals surface area contributed by atoms with Crippen molar-refractivity contribution in [3.8, 4) is 5.75 Å². The van der Waals surface area contributed by atoms with Crippen molar-refractivity contribution >= 4 is 16.6 Å². The van der Waals surface area contributed by atoms with Gasteiger partial charge in [0.1, 0.15) is 5.75 Å². The van der Waals surface area contributed by atoms with Gasteiger partial charge in [0.25, 0.3) is 0 Å². The van der Waals surface area contributed by atoms with E-state index >= 15 is 0 Å². The van der Waals surface area contributed by atoms with Crippen LogP contribution in [-0.2, 0) is 0 Å². The van der Waals surface area contributed by atoms with Crippen molar-refractivity contribution in [2.45, 2.75) is 27.2 Å². The summed E-state index contributed by atoms with van der Waals surface area (Å²) in [4.78, 5) is 0. The van der Waals surface area contributed by atoms with Crippen LogP contribution in [0.2, 0.25) is 0 Å². The molecule has 0 aliphatic rings. The Hall–Kier alpha value is -2.23. The molecule has 4 nitrogen and oxygen atoms in total. The maximum Gasteiger partial charge on any atom is 0.170 e. The molecular formula is C17H22N2O2. The number of fused-ring (bicyclic) bond motifs is 1.